The zero-order valence-electron chi connectivity index (χ0n) is 15.5. The lowest BCUT2D eigenvalue weighted by Crippen LogP contribution is -2.14. The van der Waals surface area contributed by atoms with Crippen molar-refractivity contribution in [3.8, 4) is 0 Å². The van der Waals surface area contributed by atoms with Crippen LogP contribution in [0.1, 0.15) is 21.5 Å². The average Bonchev–Trinajstić information content (AvgIpc) is 3.05. The Morgan fingerprint density at radius 1 is 0.966 bits per heavy atom. The Kier molecular flexibility index (Phi) is 7.13. The Morgan fingerprint density at radius 3 is 2.28 bits per heavy atom. The first-order chi connectivity index (χ1) is 13.8. The number of aryl methyl sites for hydroxylation is 2. The van der Waals surface area contributed by atoms with Crippen LogP contribution in [0.4, 0.5) is 10.8 Å². The number of aromatic nitrogens is 2. The second-order valence-corrected chi connectivity index (χ2v) is 9.27. The topological polar surface area (TPSA) is 84.0 Å². The zero-order valence-corrected chi connectivity index (χ0v) is 18.6. The van der Waals surface area contributed by atoms with Crippen LogP contribution in [0.25, 0.3) is 0 Å². The SMILES string of the molecule is Cc1cc(C)cc(NC(=O)CSc2nnc(NC(=O)c3cc(Cl)cc(Cl)c3)s2)c1. The molecule has 0 saturated heterocycles. The monoisotopic (exact) mass is 466 g/mol. The summed E-state index contributed by atoms with van der Waals surface area (Å²) in [6, 6.07) is 10.4. The van der Waals surface area contributed by atoms with Crippen LogP contribution < -0.4 is 10.6 Å². The second kappa shape index (κ2) is 9.58. The molecule has 0 aliphatic carbocycles. The summed E-state index contributed by atoms with van der Waals surface area (Å²) in [6.07, 6.45) is 0. The molecule has 3 aromatic rings. The van der Waals surface area contributed by atoms with Crippen LogP contribution in [0.3, 0.4) is 0 Å². The van der Waals surface area contributed by atoms with Gasteiger partial charge >= 0.3 is 0 Å². The number of hydrogen-bond donors (Lipinski definition) is 2. The Bertz CT molecular complexity index is 1030. The van der Waals surface area contributed by atoms with E-state index in [0.29, 0.717) is 25.1 Å². The van der Waals surface area contributed by atoms with Crippen LogP contribution in [-0.2, 0) is 4.79 Å². The molecular weight excluding hydrogens is 451 g/mol. The third-order valence-corrected chi connectivity index (χ3v) is 5.99. The lowest BCUT2D eigenvalue weighted by atomic mass is 10.1. The molecule has 0 spiro atoms. The number of anilines is 2. The van der Waals surface area contributed by atoms with E-state index in [9.17, 15) is 9.59 Å². The lowest BCUT2D eigenvalue weighted by Gasteiger charge is -2.06. The number of halogens is 2. The number of rotatable bonds is 6. The number of hydrogen-bond acceptors (Lipinski definition) is 6. The van der Waals surface area contributed by atoms with E-state index in [1.807, 2.05) is 32.0 Å². The Hall–Kier alpha value is -2.13. The summed E-state index contributed by atoms with van der Waals surface area (Å²) in [6.45, 7) is 3.96. The van der Waals surface area contributed by atoms with Gasteiger partial charge in [0, 0.05) is 21.3 Å². The van der Waals surface area contributed by atoms with E-state index in [4.69, 9.17) is 23.2 Å². The maximum absolute atomic E-state index is 12.3. The molecule has 0 radical (unpaired) electrons. The van der Waals surface area contributed by atoms with Gasteiger partial charge in [0.15, 0.2) is 4.34 Å². The third-order valence-electron chi connectivity index (χ3n) is 3.58. The smallest absolute Gasteiger partial charge is 0.257 e. The fourth-order valence-electron chi connectivity index (χ4n) is 2.54. The largest absolute Gasteiger partial charge is 0.325 e. The maximum atomic E-state index is 12.3. The molecule has 10 heteroatoms. The van der Waals surface area contributed by atoms with E-state index in [1.165, 1.54) is 35.2 Å². The van der Waals surface area contributed by atoms with Crippen molar-refractivity contribution in [2.45, 2.75) is 18.2 Å². The highest BCUT2D eigenvalue weighted by molar-refractivity contribution is 8.01. The van der Waals surface area contributed by atoms with Crippen LogP contribution in [0.2, 0.25) is 10.0 Å². The number of thioether (sulfide) groups is 1. The minimum Gasteiger partial charge on any atom is -0.325 e. The molecule has 0 saturated carbocycles. The van der Waals surface area contributed by atoms with Crippen LogP contribution in [-0.4, -0.2) is 27.8 Å². The van der Waals surface area contributed by atoms with Gasteiger partial charge in [-0.15, -0.1) is 10.2 Å². The molecule has 6 nitrogen and oxygen atoms in total. The van der Waals surface area contributed by atoms with E-state index in [-0.39, 0.29) is 11.7 Å². The summed E-state index contributed by atoms with van der Waals surface area (Å²) < 4.78 is 0.569. The minimum atomic E-state index is -0.394. The van der Waals surface area contributed by atoms with E-state index in [1.54, 1.807) is 6.07 Å². The molecule has 0 aliphatic rings. The first-order valence-corrected chi connectivity index (χ1v) is 11.0. The van der Waals surface area contributed by atoms with Gasteiger partial charge in [0.1, 0.15) is 0 Å². The van der Waals surface area contributed by atoms with Crippen molar-refractivity contribution in [2.75, 3.05) is 16.4 Å². The number of benzene rings is 2. The fourth-order valence-corrected chi connectivity index (χ4v) is 4.62. The van der Waals surface area contributed by atoms with Crippen molar-refractivity contribution in [2.24, 2.45) is 0 Å². The van der Waals surface area contributed by atoms with Crippen molar-refractivity contribution in [3.05, 3.63) is 63.1 Å². The molecule has 3 rings (SSSR count). The second-order valence-electron chi connectivity index (χ2n) is 6.20. The summed E-state index contributed by atoms with van der Waals surface area (Å²) in [4.78, 5) is 24.5. The van der Waals surface area contributed by atoms with Gasteiger partial charge in [-0.1, -0.05) is 52.4 Å². The molecule has 150 valence electrons. The lowest BCUT2D eigenvalue weighted by molar-refractivity contribution is -0.113. The van der Waals surface area contributed by atoms with Gasteiger partial charge < -0.3 is 5.32 Å². The Morgan fingerprint density at radius 2 is 1.62 bits per heavy atom. The van der Waals surface area contributed by atoms with Crippen molar-refractivity contribution in [1.29, 1.82) is 0 Å². The van der Waals surface area contributed by atoms with Gasteiger partial charge in [-0.3, -0.25) is 14.9 Å². The van der Waals surface area contributed by atoms with Gasteiger partial charge in [0.2, 0.25) is 11.0 Å². The Balaban J connectivity index is 1.54. The van der Waals surface area contributed by atoms with E-state index in [0.717, 1.165) is 16.8 Å². The summed E-state index contributed by atoms with van der Waals surface area (Å²) in [5, 5.41) is 14.5. The van der Waals surface area contributed by atoms with Gasteiger partial charge in [-0.2, -0.15) is 0 Å². The molecule has 2 N–H and O–H groups in total. The van der Waals surface area contributed by atoms with Crippen LogP contribution in [0.15, 0.2) is 40.7 Å². The predicted molar refractivity (Wildman–Crippen MR) is 120 cm³/mol. The number of amides is 2. The van der Waals surface area contributed by atoms with Gasteiger partial charge in [-0.05, 0) is 55.3 Å². The van der Waals surface area contributed by atoms with Crippen LogP contribution in [0.5, 0.6) is 0 Å². The number of carbonyl (C=O) groups is 2. The molecule has 0 atom stereocenters. The van der Waals surface area contributed by atoms with Crippen molar-refractivity contribution in [3.63, 3.8) is 0 Å². The maximum Gasteiger partial charge on any atom is 0.257 e. The van der Waals surface area contributed by atoms with Crippen molar-refractivity contribution >= 4 is 68.9 Å². The standard InChI is InChI=1S/C19H16Cl2N4O2S2/c1-10-3-11(2)5-15(4-10)22-16(26)9-28-19-25-24-18(29-19)23-17(27)12-6-13(20)8-14(21)7-12/h3-8H,9H2,1-2H3,(H,22,26)(H,23,24,27). The molecule has 1 heterocycles. The average molecular weight is 467 g/mol. The van der Waals surface area contributed by atoms with Crippen molar-refractivity contribution < 1.29 is 9.59 Å². The number of carbonyl (C=O) groups excluding carboxylic acids is 2. The highest BCUT2D eigenvalue weighted by atomic mass is 35.5. The molecule has 0 unspecified atom stereocenters. The molecule has 1 aromatic heterocycles. The van der Waals surface area contributed by atoms with E-state index < -0.39 is 5.91 Å². The fraction of sp³-hybridized carbons (Fsp3) is 0.158. The summed E-state index contributed by atoms with van der Waals surface area (Å²) in [5.74, 6) is -0.358. The molecule has 29 heavy (non-hydrogen) atoms. The van der Waals surface area contributed by atoms with Gasteiger partial charge in [-0.25, -0.2) is 0 Å². The highest BCUT2D eigenvalue weighted by Crippen LogP contribution is 2.27. The number of nitrogens with one attached hydrogen (secondary N) is 2. The molecule has 0 bridgehead atoms. The summed E-state index contributed by atoms with van der Waals surface area (Å²) >= 11 is 14.3. The first kappa shape index (κ1) is 21.6. The summed E-state index contributed by atoms with van der Waals surface area (Å²) in [5.41, 5.74) is 3.25. The van der Waals surface area contributed by atoms with Crippen molar-refractivity contribution in [1.82, 2.24) is 10.2 Å². The Labute approximate surface area is 186 Å². The molecule has 2 aromatic carbocycles. The van der Waals surface area contributed by atoms with Crippen LogP contribution >= 0.6 is 46.3 Å². The summed E-state index contributed by atoms with van der Waals surface area (Å²) in [7, 11) is 0. The molecule has 2 amide bonds. The zero-order chi connectivity index (χ0) is 21.0. The number of nitrogens with zero attached hydrogens (tertiary/aromatic N) is 2. The third kappa shape index (κ3) is 6.43. The predicted octanol–water partition coefficient (Wildman–Crippen LogP) is 5.44. The van der Waals surface area contributed by atoms with Crippen LogP contribution in [0, 0.1) is 13.8 Å². The van der Waals surface area contributed by atoms with Gasteiger partial charge in [0.05, 0.1) is 5.75 Å². The normalized spacial score (nSPS) is 10.6. The molecule has 0 fully saturated rings. The molecule has 0 aliphatic heterocycles. The van der Waals surface area contributed by atoms with E-state index >= 15 is 0 Å². The first-order valence-electron chi connectivity index (χ1n) is 8.40. The highest BCUT2D eigenvalue weighted by Gasteiger charge is 2.13. The minimum absolute atomic E-state index is 0.144. The van der Waals surface area contributed by atoms with Gasteiger partial charge in [0.25, 0.3) is 5.91 Å². The quantitative estimate of drug-likeness (QED) is 0.372. The van der Waals surface area contributed by atoms with E-state index in [2.05, 4.69) is 20.8 Å². The molecular formula is C19H16Cl2N4O2S2.